The van der Waals surface area contributed by atoms with Crippen LogP contribution in [-0.2, 0) is 4.74 Å². The minimum Gasteiger partial charge on any atom is -0.508 e. The van der Waals surface area contributed by atoms with Gasteiger partial charge in [0.15, 0.2) is 0 Å². The van der Waals surface area contributed by atoms with E-state index in [9.17, 15) is 9.50 Å². The van der Waals surface area contributed by atoms with Crippen LogP contribution in [0.25, 0.3) is 0 Å². The Bertz CT molecular complexity index is 378. The molecule has 1 aromatic carbocycles. The Kier molecular flexibility index (Phi) is 3.97. The summed E-state index contributed by atoms with van der Waals surface area (Å²) >= 11 is 0. The number of rotatable bonds is 4. The fraction of sp³-hybridized carbons (Fsp3) is 0.538. The van der Waals surface area contributed by atoms with Crippen LogP contribution in [0.2, 0.25) is 0 Å². The van der Waals surface area contributed by atoms with Crippen LogP contribution in [0, 0.1) is 11.7 Å². The molecular weight excluding hydrogens is 221 g/mol. The summed E-state index contributed by atoms with van der Waals surface area (Å²) in [6.07, 6.45) is 1.06. The molecule has 1 aromatic rings. The second kappa shape index (κ2) is 5.47. The summed E-state index contributed by atoms with van der Waals surface area (Å²) in [5.74, 6) is 0.331. The van der Waals surface area contributed by atoms with Gasteiger partial charge in [0, 0.05) is 24.8 Å². The SMILES string of the molecule is CC(NCC1CCOC1)c1cc(F)ccc1O. The van der Waals surface area contributed by atoms with E-state index in [2.05, 4.69) is 5.32 Å². The molecule has 0 saturated carbocycles. The predicted molar refractivity (Wildman–Crippen MR) is 63.4 cm³/mol. The summed E-state index contributed by atoms with van der Waals surface area (Å²) < 4.78 is 18.4. The second-order valence-electron chi connectivity index (χ2n) is 4.56. The smallest absolute Gasteiger partial charge is 0.123 e. The number of phenolic OH excluding ortho intramolecular Hbond substituents is 1. The van der Waals surface area contributed by atoms with Crippen molar-refractivity contribution in [3.05, 3.63) is 29.6 Å². The molecule has 3 nitrogen and oxygen atoms in total. The molecule has 1 saturated heterocycles. The second-order valence-corrected chi connectivity index (χ2v) is 4.56. The molecule has 4 heteroatoms. The summed E-state index contributed by atoms with van der Waals surface area (Å²) in [6.45, 7) is 4.36. The predicted octanol–water partition coefficient (Wildman–Crippen LogP) is 2.22. The Hall–Kier alpha value is -1.13. The standard InChI is InChI=1S/C13H18FNO2/c1-9(15-7-10-4-5-17-8-10)12-6-11(14)2-3-13(12)16/h2-3,6,9-10,15-16H,4-5,7-8H2,1H3. The van der Waals surface area contributed by atoms with E-state index in [1.807, 2.05) is 6.92 Å². The van der Waals surface area contributed by atoms with Crippen LogP contribution in [-0.4, -0.2) is 24.9 Å². The summed E-state index contributed by atoms with van der Waals surface area (Å²) in [4.78, 5) is 0. The normalized spacial score (nSPS) is 21.6. The number of nitrogens with one attached hydrogen (secondary N) is 1. The number of phenols is 1. The van der Waals surface area contributed by atoms with Gasteiger partial charge in [-0.15, -0.1) is 0 Å². The largest absolute Gasteiger partial charge is 0.508 e. The van der Waals surface area contributed by atoms with Crippen LogP contribution in [0.15, 0.2) is 18.2 Å². The molecule has 0 aromatic heterocycles. The van der Waals surface area contributed by atoms with Crippen molar-refractivity contribution in [2.24, 2.45) is 5.92 Å². The minimum absolute atomic E-state index is 0.0636. The molecule has 2 atom stereocenters. The van der Waals surface area contributed by atoms with Crippen molar-refractivity contribution >= 4 is 0 Å². The first-order chi connectivity index (χ1) is 8.16. The fourth-order valence-corrected chi connectivity index (χ4v) is 2.07. The van der Waals surface area contributed by atoms with E-state index < -0.39 is 0 Å². The van der Waals surface area contributed by atoms with Crippen molar-refractivity contribution in [1.82, 2.24) is 5.32 Å². The maximum Gasteiger partial charge on any atom is 0.123 e. The quantitative estimate of drug-likeness (QED) is 0.846. The Morgan fingerprint density at radius 2 is 2.41 bits per heavy atom. The van der Waals surface area contributed by atoms with Crippen LogP contribution in [0.1, 0.15) is 24.9 Å². The molecule has 1 aliphatic rings. The lowest BCUT2D eigenvalue weighted by Crippen LogP contribution is -2.26. The van der Waals surface area contributed by atoms with Gasteiger partial charge in [0.25, 0.3) is 0 Å². The number of halogens is 1. The zero-order valence-electron chi connectivity index (χ0n) is 9.95. The highest BCUT2D eigenvalue weighted by atomic mass is 19.1. The molecule has 0 radical (unpaired) electrons. The van der Waals surface area contributed by atoms with Gasteiger partial charge in [-0.3, -0.25) is 0 Å². The number of hydrogen-bond acceptors (Lipinski definition) is 3. The number of aromatic hydroxyl groups is 1. The van der Waals surface area contributed by atoms with Crippen LogP contribution in [0.3, 0.4) is 0 Å². The van der Waals surface area contributed by atoms with Crippen LogP contribution >= 0.6 is 0 Å². The number of ether oxygens (including phenoxy) is 1. The first-order valence-electron chi connectivity index (χ1n) is 5.96. The van der Waals surface area contributed by atoms with E-state index in [0.717, 1.165) is 26.2 Å². The third-order valence-corrected chi connectivity index (χ3v) is 3.19. The lowest BCUT2D eigenvalue weighted by Gasteiger charge is -2.17. The molecule has 1 aliphatic heterocycles. The van der Waals surface area contributed by atoms with Crippen molar-refractivity contribution in [3.8, 4) is 5.75 Å². The first kappa shape index (κ1) is 12.3. The molecule has 0 bridgehead atoms. The third-order valence-electron chi connectivity index (χ3n) is 3.19. The van der Waals surface area contributed by atoms with Crippen molar-refractivity contribution in [2.45, 2.75) is 19.4 Å². The molecule has 94 valence electrons. The van der Waals surface area contributed by atoms with Gasteiger partial charge in [-0.2, -0.15) is 0 Å². The zero-order valence-corrected chi connectivity index (χ0v) is 9.95. The Labute approximate surface area is 101 Å². The van der Waals surface area contributed by atoms with Gasteiger partial charge < -0.3 is 15.2 Å². The molecule has 0 aliphatic carbocycles. The van der Waals surface area contributed by atoms with E-state index in [1.165, 1.54) is 18.2 Å². The van der Waals surface area contributed by atoms with E-state index in [1.54, 1.807) is 0 Å². The highest BCUT2D eigenvalue weighted by molar-refractivity contribution is 5.34. The molecular formula is C13H18FNO2. The lowest BCUT2D eigenvalue weighted by molar-refractivity contribution is 0.184. The first-order valence-corrected chi connectivity index (χ1v) is 5.96. The van der Waals surface area contributed by atoms with Crippen molar-refractivity contribution in [3.63, 3.8) is 0 Å². The molecule has 1 fully saturated rings. The van der Waals surface area contributed by atoms with Crippen LogP contribution in [0.5, 0.6) is 5.75 Å². The molecule has 0 spiro atoms. The molecule has 0 amide bonds. The van der Waals surface area contributed by atoms with E-state index >= 15 is 0 Å². The van der Waals surface area contributed by atoms with Crippen molar-refractivity contribution in [2.75, 3.05) is 19.8 Å². The Morgan fingerprint density at radius 1 is 1.59 bits per heavy atom. The van der Waals surface area contributed by atoms with Gasteiger partial charge in [0.1, 0.15) is 11.6 Å². The van der Waals surface area contributed by atoms with Gasteiger partial charge in [0.05, 0.1) is 6.61 Å². The van der Waals surface area contributed by atoms with Gasteiger partial charge in [-0.05, 0) is 37.5 Å². The van der Waals surface area contributed by atoms with E-state index in [0.29, 0.717) is 11.5 Å². The van der Waals surface area contributed by atoms with Gasteiger partial charge in [-0.25, -0.2) is 4.39 Å². The average molecular weight is 239 g/mol. The van der Waals surface area contributed by atoms with Crippen LogP contribution in [0.4, 0.5) is 4.39 Å². The van der Waals surface area contributed by atoms with Crippen molar-refractivity contribution in [1.29, 1.82) is 0 Å². The maximum atomic E-state index is 13.1. The Balaban J connectivity index is 1.93. The highest BCUT2D eigenvalue weighted by Gasteiger charge is 2.17. The molecule has 17 heavy (non-hydrogen) atoms. The fourth-order valence-electron chi connectivity index (χ4n) is 2.07. The summed E-state index contributed by atoms with van der Waals surface area (Å²) in [7, 11) is 0. The average Bonchev–Trinajstić information content (AvgIpc) is 2.82. The molecule has 2 rings (SSSR count). The summed E-state index contributed by atoms with van der Waals surface area (Å²) in [6, 6.07) is 3.96. The molecule has 1 heterocycles. The summed E-state index contributed by atoms with van der Waals surface area (Å²) in [5, 5.41) is 13.0. The van der Waals surface area contributed by atoms with Gasteiger partial charge >= 0.3 is 0 Å². The Morgan fingerprint density at radius 3 is 3.12 bits per heavy atom. The van der Waals surface area contributed by atoms with Crippen LogP contribution < -0.4 is 5.32 Å². The van der Waals surface area contributed by atoms with Gasteiger partial charge in [0.2, 0.25) is 0 Å². The zero-order chi connectivity index (χ0) is 12.3. The van der Waals surface area contributed by atoms with Crippen molar-refractivity contribution < 1.29 is 14.2 Å². The topological polar surface area (TPSA) is 41.5 Å². The third kappa shape index (κ3) is 3.17. The summed E-state index contributed by atoms with van der Waals surface area (Å²) in [5.41, 5.74) is 0.601. The van der Waals surface area contributed by atoms with Gasteiger partial charge in [-0.1, -0.05) is 0 Å². The van der Waals surface area contributed by atoms with E-state index in [4.69, 9.17) is 4.74 Å². The number of hydrogen-bond donors (Lipinski definition) is 2. The highest BCUT2D eigenvalue weighted by Crippen LogP contribution is 2.25. The number of benzene rings is 1. The van der Waals surface area contributed by atoms with E-state index in [-0.39, 0.29) is 17.6 Å². The maximum absolute atomic E-state index is 13.1. The molecule has 2 unspecified atom stereocenters. The molecule has 2 N–H and O–H groups in total. The monoisotopic (exact) mass is 239 g/mol. The minimum atomic E-state index is -0.323. The lowest BCUT2D eigenvalue weighted by atomic mass is 10.0.